The van der Waals surface area contributed by atoms with Crippen molar-refractivity contribution in [3.05, 3.63) is 6.33 Å². The number of carbonyl (C=O) groups excluding carboxylic acids is 1. The Morgan fingerprint density at radius 2 is 2.38 bits per heavy atom. The van der Waals surface area contributed by atoms with E-state index >= 15 is 0 Å². The molecule has 1 aromatic heterocycles. The number of carboxylic acid groups (broad SMARTS) is 1. The summed E-state index contributed by atoms with van der Waals surface area (Å²) in [6, 6.07) is 0. The van der Waals surface area contributed by atoms with Crippen LogP contribution >= 0.6 is 11.8 Å². The standard InChI is InChI=1S/C7H10N4O4S/c8-6(14)15-2-1-11-4-9-10-7(11)16-3-5(12)13/h4H,1-3H2,(H2,8,14)(H,12,13). The molecule has 0 saturated heterocycles. The molecular weight excluding hydrogens is 236 g/mol. The zero-order valence-electron chi connectivity index (χ0n) is 8.20. The van der Waals surface area contributed by atoms with Crippen LogP contribution in [0.5, 0.6) is 0 Å². The molecule has 0 atom stereocenters. The summed E-state index contributed by atoms with van der Waals surface area (Å²) in [6.45, 7) is 0.423. The smallest absolute Gasteiger partial charge is 0.404 e. The number of rotatable bonds is 6. The highest BCUT2D eigenvalue weighted by molar-refractivity contribution is 7.99. The lowest BCUT2D eigenvalue weighted by molar-refractivity contribution is -0.133. The maximum absolute atomic E-state index is 10.3. The lowest BCUT2D eigenvalue weighted by Crippen LogP contribution is -2.16. The van der Waals surface area contributed by atoms with E-state index < -0.39 is 12.1 Å². The highest BCUT2D eigenvalue weighted by Gasteiger charge is 2.07. The summed E-state index contributed by atoms with van der Waals surface area (Å²) in [5.41, 5.74) is 4.78. The number of nitrogens with zero attached hydrogens (tertiary/aromatic N) is 3. The Morgan fingerprint density at radius 1 is 1.62 bits per heavy atom. The van der Waals surface area contributed by atoms with Crippen LogP contribution in [0.15, 0.2) is 11.5 Å². The van der Waals surface area contributed by atoms with Crippen LogP contribution in [0.3, 0.4) is 0 Å². The molecule has 0 aliphatic heterocycles. The Morgan fingerprint density at radius 3 is 3.00 bits per heavy atom. The van der Waals surface area contributed by atoms with Crippen LogP contribution < -0.4 is 5.73 Å². The molecule has 3 N–H and O–H groups in total. The van der Waals surface area contributed by atoms with Gasteiger partial charge in [-0.25, -0.2) is 4.79 Å². The minimum Gasteiger partial charge on any atom is -0.481 e. The molecule has 0 fully saturated rings. The van der Waals surface area contributed by atoms with E-state index in [-0.39, 0.29) is 12.4 Å². The summed E-state index contributed by atoms with van der Waals surface area (Å²) < 4.78 is 6.11. The number of primary amides is 1. The van der Waals surface area contributed by atoms with Crippen molar-refractivity contribution >= 4 is 23.8 Å². The minimum atomic E-state index is -0.937. The van der Waals surface area contributed by atoms with Gasteiger partial charge in [-0.15, -0.1) is 10.2 Å². The zero-order chi connectivity index (χ0) is 12.0. The molecule has 0 bridgehead atoms. The molecular formula is C7H10N4O4S. The van der Waals surface area contributed by atoms with Crippen molar-refractivity contribution < 1.29 is 19.4 Å². The quantitative estimate of drug-likeness (QED) is 0.652. The predicted molar refractivity (Wildman–Crippen MR) is 53.9 cm³/mol. The molecule has 0 radical (unpaired) electrons. The van der Waals surface area contributed by atoms with Crippen LogP contribution in [0.2, 0.25) is 0 Å². The molecule has 1 aromatic rings. The summed E-state index contributed by atoms with van der Waals surface area (Å²) in [4.78, 5) is 20.6. The average Bonchev–Trinajstić information content (AvgIpc) is 2.62. The highest BCUT2D eigenvalue weighted by Crippen LogP contribution is 2.13. The zero-order valence-corrected chi connectivity index (χ0v) is 9.01. The summed E-state index contributed by atoms with van der Waals surface area (Å²) in [5, 5.41) is 16.3. The second kappa shape index (κ2) is 5.95. The summed E-state index contributed by atoms with van der Waals surface area (Å²) in [5.74, 6) is -1.04. The monoisotopic (exact) mass is 246 g/mol. The van der Waals surface area contributed by atoms with E-state index in [1.807, 2.05) is 0 Å². The molecule has 1 heterocycles. The number of hydrogen-bond acceptors (Lipinski definition) is 6. The number of carbonyl (C=O) groups is 2. The third-order valence-electron chi connectivity index (χ3n) is 1.48. The molecule has 9 heteroatoms. The van der Waals surface area contributed by atoms with Gasteiger partial charge in [-0.05, 0) is 0 Å². The number of nitrogens with two attached hydrogens (primary N) is 1. The van der Waals surface area contributed by atoms with Crippen molar-refractivity contribution in [2.24, 2.45) is 5.73 Å². The van der Waals surface area contributed by atoms with Gasteiger partial charge < -0.3 is 20.1 Å². The largest absolute Gasteiger partial charge is 0.481 e. The van der Waals surface area contributed by atoms with Crippen LogP contribution in [-0.2, 0) is 16.1 Å². The van der Waals surface area contributed by atoms with Crippen LogP contribution in [0.25, 0.3) is 0 Å². The van der Waals surface area contributed by atoms with Gasteiger partial charge in [0.1, 0.15) is 12.9 Å². The normalized spacial score (nSPS) is 10.0. The molecule has 0 aliphatic carbocycles. The third kappa shape index (κ3) is 4.17. The van der Waals surface area contributed by atoms with Gasteiger partial charge in [-0.2, -0.15) is 0 Å². The first-order chi connectivity index (χ1) is 7.59. The second-order valence-corrected chi connectivity index (χ2v) is 3.60. The average molecular weight is 246 g/mol. The Hall–Kier alpha value is -1.77. The van der Waals surface area contributed by atoms with Gasteiger partial charge in [-0.3, -0.25) is 4.79 Å². The number of carboxylic acids is 1. The maximum atomic E-state index is 10.3. The highest BCUT2D eigenvalue weighted by atomic mass is 32.2. The maximum Gasteiger partial charge on any atom is 0.404 e. The topological polar surface area (TPSA) is 120 Å². The molecule has 1 amide bonds. The Labute approximate surface area is 94.8 Å². The van der Waals surface area contributed by atoms with Crippen molar-refractivity contribution in [3.8, 4) is 0 Å². The molecule has 0 aromatic carbocycles. The summed E-state index contributed by atoms with van der Waals surface area (Å²) in [6.07, 6.45) is 0.571. The number of ether oxygens (including phenoxy) is 1. The Balaban J connectivity index is 2.43. The van der Waals surface area contributed by atoms with Gasteiger partial charge in [0.05, 0.1) is 12.3 Å². The van der Waals surface area contributed by atoms with Crippen molar-refractivity contribution in [1.29, 1.82) is 0 Å². The van der Waals surface area contributed by atoms with Gasteiger partial charge in [0.15, 0.2) is 5.16 Å². The number of thioether (sulfide) groups is 1. The van der Waals surface area contributed by atoms with Gasteiger partial charge in [0, 0.05) is 0 Å². The number of hydrogen-bond donors (Lipinski definition) is 2. The first-order valence-corrected chi connectivity index (χ1v) is 5.23. The van der Waals surface area contributed by atoms with Crippen molar-refractivity contribution in [1.82, 2.24) is 14.8 Å². The number of amides is 1. The van der Waals surface area contributed by atoms with E-state index in [0.29, 0.717) is 11.7 Å². The fourth-order valence-corrected chi connectivity index (χ4v) is 1.54. The molecule has 16 heavy (non-hydrogen) atoms. The Bertz CT molecular complexity index is 380. The summed E-state index contributed by atoms with van der Waals surface area (Å²) in [7, 11) is 0. The third-order valence-corrected chi connectivity index (χ3v) is 2.45. The molecule has 0 spiro atoms. The van der Waals surface area contributed by atoms with Crippen LogP contribution in [0.1, 0.15) is 0 Å². The van der Waals surface area contributed by atoms with E-state index in [4.69, 9.17) is 10.8 Å². The predicted octanol–water partition coefficient (Wildman–Crippen LogP) is -0.450. The fraction of sp³-hybridized carbons (Fsp3) is 0.429. The van der Waals surface area contributed by atoms with Gasteiger partial charge in [0.2, 0.25) is 0 Å². The second-order valence-electron chi connectivity index (χ2n) is 2.66. The SMILES string of the molecule is NC(=O)OCCn1cnnc1SCC(=O)O. The number of aliphatic carboxylic acids is 1. The Kier molecular flexibility index (Phi) is 4.58. The van der Waals surface area contributed by atoms with E-state index in [9.17, 15) is 9.59 Å². The fourth-order valence-electron chi connectivity index (χ4n) is 0.880. The van der Waals surface area contributed by atoms with E-state index in [0.717, 1.165) is 11.8 Å². The lowest BCUT2D eigenvalue weighted by atomic mass is 10.7. The van der Waals surface area contributed by atoms with E-state index in [2.05, 4.69) is 14.9 Å². The van der Waals surface area contributed by atoms with Crippen LogP contribution in [-0.4, -0.2) is 44.3 Å². The van der Waals surface area contributed by atoms with Crippen LogP contribution in [0.4, 0.5) is 4.79 Å². The minimum absolute atomic E-state index is 0.0913. The molecule has 1 rings (SSSR count). The summed E-state index contributed by atoms with van der Waals surface area (Å²) >= 11 is 1.04. The molecule has 8 nitrogen and oxygen atoms in total. The van der Waals surface area contributed by atoms with Gasteiger partial charge in [-0.1, -0.05) is 11.8 Å². The van der Waals surface area contributed by atoms with Gasteiger partial charge in [0.25, 0.3) is 0 Å². The molecule has 0 unspecified atom stereocenters. The van der Waals surface area contributed by atoms with Crippen LogP contribution in [0, 0.1) is 0 Å². The first-order valence-electron chi connectivity index (χ1n) is 4.24. The van der Waals surface area contributed by atoms with Crippen molar-refractivity contribution in [2.45, 2.75) is 11.7 Å². The molecule has 0 aliphatic rings. The van der Waals surface area contributed by atoms with E-state index in [1.54, 1.807) is 4.57 Å². The lowest BCUT2D eigenvalue weighted by Gasteiger charge is -2.04. The van der Waals surface area contributed by atoms with Gasteiger partial charge >= 0.3 is 12.1 Å². The number of aromatic nitrogens is 3. The van der Waals surface area contributed by atoms with Crippen molar-refractivity contribution in [3.63, 3.8) is 0 Å². The molecule has 88 valence electrons. The molecule has 0 saturated carbocycles. The van der Waals surface area contributed by atoms with E-state index in [1.165, 1.54) is 6.33 Å². The first kappa shape index (κ1) is 12.3. The van der Waals surface area contributed by atoms with Crippen molar-refractivity contribution in [2.75, 3.05) is 12.4 Å².